The van der Waals surface area contributed by atoms with Crippen LogP contribution >= 0.6 is 11.6 Å². The molecule has 7 aliphatic rings. The van der Waals surface area contributed by atoms with Gasteiger partial charge in [0.2, 0.25) is 70.9 Å². The van der Waals surface area contributed by atoms with E-state index < -0.39 is 197 Å². The van der Waals surface area contributed by atoms with Crippen molar-refractivity contribution < 1.29 is 88.6 Å². The van der Waals surface area contributed by atoms with E-state index in [9.17, 15) is 50.3 Å². The molecular weight excluding hydrogens is 1410 g/mol. The van der Waals surface area contributed by atoms with Gasteiger partial charge >= 0.3 is 12.4 Å². The van der Waals surface area contributed by atoms with E-state index in [1.54, 1.807) is 27.7 Å². The lowest BCUT2D eigenvalue weighted by atomic mass is 9.78. The molecule has 12 amide bonds. The Kier molecular flexibility index (Phi) is 30.5. The van der Waals surface area contributed by atoms with Gasteiger partial charge in [-0.1, -0.05) is 67.2 Å². The summed E-state index contributed by atoms with van der Waals surface area (Å²) >= 11 is 6.40. The quantitative estimate of drug-likeness (QED) is 0.131. The van der Waals surface area contributed by atoms with Gasteiger partial charge in [0.05, 0.1) is 38.0 Å². The maximum absolute atomic E-state index is 15.6. The number of nitrogens with zero attached hydrogens (tertiary/aromatic N) is 9. The molecule has 0 aromatic carbocycles. The molecule has 4 aliphatic heterocycles. The molecular formula is C74H117ClF6N12O13. The number of amides is 12. The number of carbonyl (C=O) groups excluding carboxylic acids is 12. The molecule has 14 atom stereocenters. The lowest BCUT2D eigenvalue weighted by Gasteiger charge is -2.46. The zero-order valence-corrected chi connectivity index (χ0v) is 65.1. The number of halogens is 7. The summed E-state index contributed by atoms with van der Waals surface area (Å²) in [7, 11) is 6.87. The number of carbonyl (C=O) groups is 12. The maximum Gasteiger partial charge on any atom is 0.393 e. The van der Waals surface area contributed by atoms with Gasteiger partial charge in [-0.25, -0.2) is 0 Å². The molecule has 0 aromatic rings. The minimum Gasteiger partial charge on any atom is -0.378 e. The van der Waals surface area contributed by atoms with Crippen molar-refractivity contribution in [3.05, 3.63) is 0 Å². The molecule has 3 saturated carbocycles. The van der Waals surface area contributed by atoms with Crippen LogP contribution in [-0.4, -0.2) is 280 Å². The van der Waals surface area contributed by atoms with Gasteiger partial charge in [-0.05, 0) is 146 Å². The van der Waals surface area contributed by atoms with Gasteiger partial charge in [-0.15, -0.1) is 11.6 Å². The molecule has 0 bridgehead atoms. The monoisotopic (exact) mass is 1530 g/mol. The first-order valence-electron chi connectivity index (χ1n) is 38.5. The second-order valence-corrected chi connectivity index (χ2v) is 32.2. The van der Waals surface area contributed by atoms with E-state index >= 15 is 33.6 Å². The van der Waals surface area contributed by atoms with E-state index in [0.717, 1.165) is 14.7 Å². The number of rotatable bonds is 13. The van der Waals surface area contributed by atoms with Gasteiger partial charge in [-0.2, -0.15) is 26.3 Å². The summed E-state index contributed by atoms with van der Waals surface area (Å²) in [4.78, 5) is 193. The van der Waals surface area contributed by atoms with E-state index in [1.165, 1.54) is 71.6 Å². The second kappa shape index (κ2) is 37.3. The zero-order chi connectivity index (χ0) is 78.8. The van der Waals surface area contributed by atoms with Crippen LogP contribution in [0.25, 0.3) is 0 Å². The van der Waals surface area contributed by atoms with Crippen LogP contribution in [0.15, 0.2) is 0 Å². The molecule has 106 heavy (non-hydrogen) atoms. The van der Waals surface area contributed by atoms with Gasteiger partial charge in [0.15, 0.2) is 0 Å². The first-order valence-corrected chi connectivity index (χ1v) is 39.0. The molecule has 7 rings (SSSR count). The average molecular weight is 1530 g/mol. The molecule has 7 fully saturated rings. The third kappa shape index (κ3) is 20.5. The zero-order valence-electron chi connectivity index (χ0n) is 64.3. The molecule has 600 valence electrons. The van der Waals surface area contributed by atoms with Gasteiger partial charge in [0.1, 0.15) is 59.9 Å². The molecule has 4 saturated heterocycles. The van der Waals surface area contributed by atoms with Crippen molar-refractivity contribution in [3.8, 4) is 0 Å². The topological polar surface area (TPSA) is 279 Å². The largest absolute Gasteiger partial charge is 0.393 e. The second-order valence-electron chi connectivity index (χ2n) is 31.7. The summed E-state index contributed by atoms with van der Waals surface area (Å²) in [6, 6.07) is -11.9. The maximum atomic E-state index is 15.6. The van der Waals surface area contributed by atoms with Gasteiger partial charge in [0, 0.05) is 73.3 Å². The lowest BCUT2D eigenvalue weighted by Crippen LogP contribution is -2.65. The van der Waals surface area contributed by atoms with E-state index in [2.05, 4.69) is 16.0 Å². The highest BCUT2D eigenvalue weighted by Crippen LogP contribution is 2.45. The van der Waals surface area contributed by atoms with Crippen LogP contribution in [0, 0.1) is 41.4 Å². The number of hydrogen-bond donors (Lipinski definition) is 3. The minimum absolute atomic E-state index is 0.00197. The Balaban J connectivity index is 1.30. The Hall–Kier alpha value is -6.53. The van der Waals surface area contributed by atoms with Gasteiger partial charge < -0.3 is 64.8 Å². The Morgan fingerprint density at radius 1 is 0.613 bits per heavy atom. The highest BCUT2D eigenvalue weighted by Gasteiger charge is 2.53. The Bertz CT molecular complexity index is 3130. The molecule has 0 radical (unpaired) electrons. The predicted octanol–water partition coefficient (Wildman–Crippen LogP) is 6.51. The molecule has 25 nitrogen and oxygen atoms in total. The fourth-order valence-corrected chi connectivity index (χ4v) is 17.4. The van der Waals surface area contributed by atoms with E-state index in [4.69, 9.17) is 16.3 Å². The highest BCUT2D eigenvalue weighted by molar-refractivity contribution is 6.21. The minimum atomic E-state index is -4.56. The number of hydrogen-bond acceptors (Lipinski definition) is 13. The smallest absolute Gasteiger partial charge is 0.378 e. The summed E-state index contributed by atoms with van der Waals surface area (Å²) in [5, 5.41) is 7.41. The Morgan fingerprint density at radius 2 is 1.23 bits per heavy atom. The molecule has 3 unspecified atom stereocenters. The molecule has 0 aromatic heterocycles. The van der Waals surface area contributed by atoms with Crippen molar-refractivity contribution in [2.24, 2.45) is 41.4 Å². The number of morpholine rings is 1. The van der Waals surface area contributed by atoms with E-state index in [1.807, 2.05) is 20.8 Å². The summed E-state index contributed by atoms with van der Waals surface area (Å²) < 4.78 is 90.0. The summed E-state index contributed by atoms with van der Waals surface area (Å²) in [5.74, 6) is -14.2. The summed E-state index contributed by atoms with van der Waals surface area (Å²) in [6.45, 7) is 13.6. The van der Waals surface area contributed by atoms with Crippen LogP contribution in [0.3, 0.4) is 0 Å². The van der Waals surface area contributed by atoms with Gasteiger partial charge in [0.25, 0.3) is 0 Å². The molecule has 4 heterocycles. The van der Waals surface area contributed by atoms with E-state index in [-0.39, 0.29) is 155 Å². The first-order chi connectivity index (χ1) is 49.7. The fourth-order valence-electron chi connectivity index (χ4n) is 16.8. The van der Waals surface area contributed by atoms with Crippen LogP contribution < -0.4 is 16.0 Å². The normalized spacial score (nSPS) is 31.6. The van der Waals surface area contributed by atoms with E-state index in [0.29, 0.717) is 25.7 Å². The third-order valence-electron chi connectivity index (χ3n) is 24.2. The predicted molar refractivity (Wildman–Crippen MR) is 381 cm³/mol. The SMILES string of the molecule is CC[C@H](C)[C@@H]1NC(=O)[C@H](CC(C)C)N(C)C(=O)C[C@@H](C(=O)N2CCOCC2)N(C)C(=O)[C@H]([C@@H](C)CC)N(C)C(=O)C2(CCCC2)NC(=O)[C@@H]2CCCN2C(=O)[C@H](CCC2CCC(C(F)(F)F)C(Cl)C2)NC(=O)CN(C)C(=O)[C@H](CC2CCC(C(F)(F)F)CC2)N(CC)C(=O)[C@@H]2CCN2C(=O)[C@H](C)N(C)C1=O. The number of fused-ring (bicyclic) bond motifs is 2. The number of nitrogens with one attached hydrogen (secondary N) is 3. The third-order valence-corrected chi connectivity index (χ3v) is 24.7. The molecule has 1 spiro atoms. The van der Waals surface area contributed by atoms with Crippen molar-refractivity contribution >= 4 is 82.5 Å². The number of ether oxygens (including phenoxy) is 1. The number of likely N-dealkylation sites (N-methyl/N-ethyl adjacent to an activating group) is 6. The van der Waals surface area contributed by atoms with Crippen LogP contribution in [0.5, 0.6) is 0 Å². The van der Waals surface area contributed by atoms with Crippen LogP contribution in [0.2, 0.25) is 0 Å². The lowest BCUT2D eigenvalue weighted by molar-refractivity contribution is -0.184. The Morgan fingerprint density at radius 3 is 1.78 bits per heavy atom. The van der Waals surface area contributed by atoms with Crippen molar-refractivity contribution in [2.45, 2.75) is 268 Å². The number of alkyl halides is 7. The fraction of sp³-hybridized carbons (Fsp3) is 0.838. The van der Waals surface area contributed by atoms with Crippen molar-refractivity contribution in [3.63, 3.8) is 0 Å². The highest BCUT2D eigenvalue weighted by atomic mass is 35.5. The van der Waals surface area contributed by atoms with Gasteiger partial charge in [-0.3, -0.25) is 57.5 Å². The van der Waals surface area contributed by atoms with Crippen molar-refractivity contribution in [2.75, 3.05) is 87.7 Å². The van der Waals surface area contributed by atoms with Crippen LogP contribution in [-0.2, 0) is 62.3 Å². The molecule has 32 heteroatoms. The average Bonchev–Trinajstić information content (AvgIpc) is 1.24. The molecule has 3 aliphatic carbocycles. The molecule has 3 N–H and O–H groups in total. The standard InChI is InChI=1S/C74H117ClF6N12O13/c1-14-44(6)60-69(103)86(10)46(8)64(98)93-33-29-54(93)68(102)91(16-3)57(40-48-21-25-49(26-22-48)73(76,77)78)66(100)85(9)42-58(94)82-52(28-24-47-23-27-50(51(75)39-47)74(79,80)81)65(99)92-32-19-20-53(92)63(97)84-72(30-17-18-31-72)71(105)89(13)61(45(7)15-2)70(104)88(12)56(67(101)90-34-36-106-37-35-90)41-59(95)87(11)55(38-43(4)5)62(96)83-60/h43-57,60-61H,14-42H2,1-13H3,(H,82,94)(H,83,96)(H,84,97)/t44-,45-,46-,47?,48?,49?,50?,51?,52-,53-,54-,55-,56-,57-,60-,61-/m0/s1. The summed E-state index contributed by atoms with van der Waals surface area (Å²) in [6.07, 6.45) is -8.01. The van der Waals surface area contributed by atoms with Crippen LogP contribution in [0.1, 0.15) is 190 Å². The van der Waals surface area contributed by atoms with Crippen LogP contribution in [0.4, 0.5) is 26.3 Å². The summed E-state index contributed by atoms with van der Waals surface area (Å²) in [5.41, 5.74) is -1.63. The van der Waals surface area contributed by atoms with Crippen molar-refractivity contribution in [1.82, 2.24) is 60.0 Å². The van der Waals surface area contributed by atoms with Crippen molar-refractivity contribution in [1.29, 1.82) is 0 Å². The first kappa shape index (κ1) is 86.7. The Labute approximate surface area is 625 Å².